The van der Waals surface area contributed by atoms with E-state index in [1.165, 1.54) is 0 Å². The molecule has 0 radical (unpaired) electrons. The summed E-state index contributed by atoms with van der Waals surface area (Å²) in [5.41, 5.74) is 0.933. The van der Waals surface area contributed by atoms with Crippen molar-refractivity contribution in [2.45, 2.75) is 13.5 Å². The average molecular weight is 208 g/mol. The van der Waals surface area contributed by atoms with Gasteiger partial charge in [-0.3, -0.25) is 9.89 Å². The van der Waals surface area contributed by atoms with Gasteiger partial charge in [0.2, 0.25) is 5.91 Å². The fourth-order valence-corrected chi connectivity index (χ4v) is 1.61. The normalized spacial score (nSPS) is 18.2. The average Bonchev–Trinajstić information content (AvgIpc) is 2.63. The zero-order valence-corrected chi connectivity index (χ0v) is 8.79. The van der Waals surface area contributed by atoms with Crippen LogP contribution in [0.3, 0.4) is 0 Å². The van der Waals surface area contributed by atoms with Crippen LogP contribution in [0.15, 0.2) is 12.3 Å². The van der Waals surface area contributed by atoms with Gasteiger partial charge in [0.05, 0.1) is 12.2 Å². The first-order valence-corrected chi connectivity index (χ1v) is 5.24. The molecule has 0 saturated carbocycles. The lowest BCUT2D eigenvalue weighted by atomic mass is 9.88. The van der Waals surface area contributed by atoms with Gasteiger partial charge in [-0.25, -0.2) is 0 Å². The van der Waals surface area contributed by atoms with E-state index in [2.05, 4.69) is 20.8 Å². The summed E-state index contributed by atoms with van der Waals surface area (Å²) in [7, 11) is 0. The molecule has 0 spiro atoms. The number of aromatic nitrogens is 2. The lowest BCUT2D eigenvalue weighted by molar-refractivity contribution is -0.126. The van der Waals surface area contributed by atoms with Crippen molar-refractivity contribution in [3.05, 3.63) is 18.0 Å². The second kappa shape index (κ2) is 4.44. The van der Waals surface area contributed by atoms with Gasteiger partial charge in [0.25, 0.3) is 0 Å². The van der Waals surface area contributed by atoms with Gasteiger partial charge >= 0.3 is 0 Å². The predicted octanol–water partition coefficient (Wildman–Crippen LogP) is -0.119. The standard InChI is InChI=1S/C10H16N4O/c1-7(8-4-11-5-8)10(15)12-6-9-2-3-13-14-9/h2-3,7-8,11H,4-6H2,1H3,(H,12,15)(H,13,14). The number of rotatable bonds is 4. The van der Waals surface area contributed by atoms with Gasteiger partial charge in [0.15, 0.2) is 0 Å². The molecule has 82 valence electrons. The molecular formula is C10H16N4O. The van der Waals surface area contributed by atoms with Crippen molar-refractivity contribution >= 4 is 5.91 Å². The second-order valence-corrected chi connectivity index (χ2v) is 4.01. The van der Waals surface area contributed by atoms with E-state index in [0.717, 1.165) is 18.8 Å². The highest BCUT2D eigenvalue weighted by molar-refractivity contribution is 5.78. The molecule has 1 aromatic rings. The smallest absolute Gasteiger partial charge is 0.223 e. The molecule has 2 heterocycles. The van der Waals surface area contributed by atoms with Crippen LogP contribution in [0.4, 0.5) is 0 Å². The van der Waals surface area contributed by atoms with Crippen molar-refractivity contribution in [2.24, 2.45) is 11.8 Å². The number of nitrogens with zero attached hydrogens (tertiary/aromatic N) is 1. The summed E-state index contributed by atoms with van der Waals surface area (Å²) in [6.45, 7) is 4.43. The molecule has 1 unspecified atom stereocenters. The van der Waals surface area contributed by atoms with Gasteiger partial charge in [-0.2, -0.15) is 5.10 Å². The maximum absolute atomic E-state index is 11.7. The molecule has 1 aliphatic heterocycles. The molecule has 3 N–H and O–H groups in total. The highest BCUT2D eigenvalue weighted by Gasteiger charge is 2.28. The zero-order chi connectivity index (χ0) is 10.7. The minimum absolute atomic E-state index is 0.0918. The predicted molar refractivity (Wildman–Crippen MR) is 56.0 cm³/mol. The molecule has 5 nitrogen and oxygen atoms in total. The van der Waals surface area contributed by atoms with Gasteiger partial charge in [-0.1, -0.05) is 6.92 Å². The van der Waals surface area contributed by atoms with E-state index in [9.17, 15) is 4.79 Å². The molecule has 2 rings (SSSR count). The molecule has 0 aromatic carbocycles. The van der Waals surface area contributed by atoms with E-state index < -0.39 is 0 Å². The lowest BCUT2D eigenvalue weighted by Gasteiger charge is -2.31. The Bertz CT molecular complexity index is 318. The molecule has 5 heteroatoms. The van der Waals surface area contributed by atoms with Gasteiger partial charge in [-0.15, -0.1) is 0 Å². The summed E-state index contributed by atoms with van der Waals surface area (Å²) in [5, 5.41) is 12.7. The van der Waals surface area contributed by atoms with Crippen LogP contribution in [0.25, 0.3) is 0 Å². The summed E-state index contributed by atoms with van der Waals surface area (Å²) in [4.78, 5) is 11.7. The van der Waals surface area contributed by atoms with E-state index in [0.29, 0.717) is 12.5 Å². The number of carbonyl (C=O) groups is 1. The van der Waals surface area contributed by atoms with E-state index in [1.807, 2.05) is 13.0 Å². The summed E-state index contributed by atoms with van der Waals surface area (Å²) < 4.78 is 0. The fraction of sp³-hybridized carbons (Fsp3) is 0.600. The largest absolute Gasteiger partial charge is 0.350 e. The highest BCUT2D eigenvalue weighted by Crippen LogP contribution is 2.15. The molecule has 1 aromatic heterocycles. The van der Waals surface area contributed by atoms with Gasteiger partial charge < -0.3 is 10.6 Å². The first kappa shape index (κ1) is 10.2. The Morgan fingerprint density at radius 2 is 2.53 bits per heavy atom. The van der Waals surface area contributed by atoms with Crippen molar-refractivity contribution in [2.75, 3.05) is 13.1 Å². The Morgan fingerprint density at radius 1 is 1.73 bits per heavy atom. The molecule has 1 atom stereocenters. The van der Waals surface area contributed by atoms with Crippen LogP contribution < -0.4 is 10.6 Å². The number of amides is 1. The Labute approximate surface area is 88.6 Å². The molecule has 1 fully saturated rings. The first-order valence-electron chi connectivity index (χ1n) is 5.24. The van der Waals surface area contributed by atoms with Crippen LogP contribution in [0, 0.1) is 11.8 Å². The van der Waals surface area contributed by atoms with Crippen molar-refractivity contribution in [3.8, 4) is 0 Å². The van der Waals surface area contributed by atoms with Crippen molar-refractivity contribution in [1.82, 2.24) is 20.8 Å². The van der Waals surface area contributed by atoms with E-state index >= 15 is 0 Å². The monoisotopic (exact) mass is 208 g/mol. The number of nitrogens with one attached hydrogen (secondary N) is 3. The number of aromatic amines is 1. The third kappa shape index (κ3) is 2.36. The minimum atomic E-state index is 0.0918. The quantitative estimate of drug-likeness (QED) is 0.646. The van der Waals surface area contributed by atoms with E-state index in [1.54, 1.807) is 6.20 Å². The first-order chi connectivity index (χ1) is 7.27. The second-order valence-electron chi connectivity index (χ2n) is 4.01. The number of hydrogen-bond donors (Lipinski definition) is 3. The molecule has 15 heavy (non-hydrogen) atoms. The van der Waals surface area contributed by atoms with Gasteiger partial charge in [0.1, 0.15) is 0 Å². The summed E-state index contributed by atoms with van der Waals surface area (Å²) in [6, 6.07) is 1.86. The molecular weight excluding hydrogens is 192 g/mol. The Balaban J connectivity index is 1.76. The number of carbonyl (C=O) groups excluding carboxylic acids is 1. The Kier molecular flexibility index (Phi) is 3.01. The molecule has 1 aliphatic rings. The summed E-state index contributed by atoms with van der Waals surface area (Å²) >= 11 is 0. The van der Waals surface area contributed by atoms with Gasteiger partial charge in [-0.05, 0) is 25.1 Å². The van der Waals surface area contributed by atoms with Crippen LogP contribution in [0.1, 0.15) is 12.6 Å². The molecule has 0 aliphatic carbocycles. The minimum Gasteiger partial charge on any atom is -0.350 e. The molecule has 0 bridgehead atoms. The van der Waals surface area contributed by atoms with E-state index in [-0.39, 0.29) is 11.8 Å². The number of hydrogen-bond acceptors (Lipinski definition) is 3. The SMILES string of the molecule is CC(C(=O)NCc1ccn[nH]1)C1CNC1. The Morgan fingerprint density at radius 3 is 3.07 bits per heavy atom. The maximum Gasteiger partial charge on any atom is 0.223 e. The summed E-state index contributed by atoms with van der Waals surface area (Å²) in [6.07, 6.45) is 1.68. The third-order valence-corrected chi connectivity index (χ3v) is 2.95. The zero-order valence-electron chi connectivity index (χ0n) is 8.79. The van der Waals surface area contributed by atoms with Crippen LogP contribution in [0.2, 0.25) is 0 Å². The maximum atomic E-state index is 11.7. The topological polar surface area (TPSA) is 69.8 Å². The van der Waals surface area contributed by atoms with Gasteiger partial charge in [0, 0.05) is 12.1 Å². The Hall–Kier alpha value is -1.36. The van der Waals surface area contributed by atoms with Crippen LogP contribution in [0.5, 0.6) is 0 Å². The van der Waals surface area contributed by atoms with Crippen LogP contribution in [-0.2, 0) is 11.3 Å². The van der Waals surface area contributed by atoms with Crippen molar-refractivity contribution in [3.63, 3.8) is 0 Å². The van der Waals surface area contributed by atoms with Crippen molar-refractivity contribution < 1.29 is 4.79 Å². The van der Waals surface area contributed by atoms with Crippen LogP contribution >= 0.6 is 0 Å². The summed E-state index contributed by atoms with van der Waals surface area (Å²) in [5.74, 6) is 0.706. The molecule has 1 saturated heterocycles. The van der Waals surface area contributed by atoms with Crippen molar-refractivity contribution in [1.29, 1.82) is 0 Å². The van der Waals surface area contributed by atoms with E-state index in [4.69, 9.17) is 0 Å². The van der Waals surface area contributed by atoms with Crippen LogP contribution in [-0.4, -0.2) is 29.2 Å². The fourth-order valence-electron chi connectivity index (χ4n) is 1.61. The number of H-pyrrole nitrogens is 1. The highest BCUT2D eigenvalue weighted by atomic mass is 16.1. The third-order valence-electron chi connectivity index (χ3n) is 2.95. The molecule has 1 amide bonds. The lowest BCUT2D eigenvalue weighted by Crippen LogP contribution is -2.49.